The van der Waals surface area contributed by atoms with Crippen molar-refractivity contribution in [1.82, 2.24) is 9.62 Å². The Balaban J connectivity index is 1.68. The van der Waals surface area contributed by atoms with Gasteiger partial charge in [-0.15, -0.1) is 0 Å². The van der Waals surface area contributed by atoms with Gasteiger partial charge in [-0.25, -0.2) is 8.42 Å². The van der Waals surface area contributed by atoms with Crippen LogP contribution in [0, 0.1) is 0 Å². The average Bonchev–Trinajstić information content (AvgIpc) is 2.68. The van der Waals surface area contributed by atoms with Crippen LogP contribution in [0.2, 0.25) is 5.02 Å². The molecule has 0 saturated heterocycles. The summed E-state index contributed by atoms with van der Waals surface area (Å²) in [5.41, 5.74) is 2.21. The van der Waals surface area contributed by atoms with Crippen LogP contribution in [-0.4, -0.2) is 39.3 Å². The number of ether oxygens (including phenoxy) is 1. The van der Waals surface area contributed by atoms with Crippen LogP contribution in [0.25, 0.3) is 0 Å². The summed E-state index contributed by atoms with van der Waals surface area (Å²) in [5, 5.41) is 3.42. The Morgan fingerprint density at radius 3 is 2.64 bits per heavy atom. The van der Waals surface area contributed by atoms with Crippen LogP contribution in [0.5, 0.6) is 5.75 Å². The number of aryl methyl sites for hydroxylation is 1. The van der Waals surface area contributed by atoms with Crippen LogP contribution in [-0.2, 0) is 21.2 Å². The van der Waals surface area contributed by atoms with Gasteiger partial charge < -0.3 is 10.1 Å². The maximum Gasteiger partial charge on any atom is 0.243 e. The Morgan fingerprint density at radius 1 is 1.25 bits per heavy atom. The van der Waals surface area contributed by atoms with Crippen molar-refractivity contribution in [2.24, 2.45) is 0 Å². The second-order valence-corrected chi connectivity index (χ2v) is 9.27. The Bertz CT molecular complexity index is 961. The molecule has 0 bridgehead atoms. The molecule has 2 aromatic rings. The van der Waals surface area contributed by atoms with E-state index in [-0.39, 0.29) is 23.4 Å². The van der Waals surface area contributed by atoms with E-state index in [1.165, 1.54) is 31.3 Å². The van der Waals surface area contributed by atoms with Crippen molar-refractivity contribution < 1.29 is 17.9 Å². The summed E-state index contributed by atoms with van der Waals surface area (Å²) < 4.78 is 31.6. The number of halogens is 1. The van der Waals surface area contributed by atoms with Crippen molar-refractivity contribution in [1.29, 1.82) is 0 Å². The first-order chi connectivity index (χ1) is 13.3. The summed E-state index contributed by atoms with van der Waals surface area (Å²) in [6.07, 6.45) is 2.70. The van der Waals surface area contributed by atoms with Gasteiger partial charge in [0.2, 0.25) is 15.9 Å². The number of carbonyl (C=O) groups is 1. The molecule has 0 radical (unpaired) electrons. The fourth-order valence-electron chi connectivity index (χ4n) is 3.38. The summed E-state index contributed by atoms with van der Waals surface area (Å²) in [6, 6.07) is 11.6. The molecule has 3 rings (SSSR count). The number of rotatable bonds is 6. The number of hydrogen-bond donors (Lipinski definition) is 1. The van der Waals surface area contributed by atoms with Crippen LogP contribution >= 0.6 is 11.6 Å². The number of sulfonamides is 1. The highest BCUT2D eigenvalue weighted by molar-refractivity contribution is 7.89. The van der Waals surface area contributed by atoms with Crippen molar-refractivity contribution in [3.05, 3.63) is 58.6 Å². The Hall–Kier alpha value is -2.09. The molecule has 1 unspecified atom stereocenters. The summed E-state index contributed by atoms with van der Waals surface area (Å²) in [5.74, 6) is 0.452. The number of amides is 1. The normalized spacial score (nSPS) is 16.5. The van der Waals surface area contributed by atoms with E-state index in [4.69, 9.17) is 16.3 Å². The number of likely N-dealkylation sites (N-methyl/N-ethyl adjacent to an activating group) is 1. The number of hydrogen-bond acceptors (Lipinski definition) is 4. The molecular weight excluding hydrogens is 400 g/mol. The fraction of sp³-hybridized carbons (Fsp3) is 0.350. The SMILES string of the molecule is COc1ccc2c(c1)CCCC2NC(=O)CN(C)S(=O)(=O)c1ccc(Cl)cc1. The van der Waals surface area contributed by atoms with Crippen molar-refractivity contribution >= 4 is 27.5 Å². The second-order valence-electron chi connectivity index (χ2n) is 6.79. The van der Waals surface area contributed by atoms with Crippen molar-refractivity contribution in [2.45, 2.75) is 30.2 Å². The van der Waals surface area contributed by atoms with Gasteiger partial charge in [-0.3, -0.25) is 4.79 Å². The van der Waals surface area contributed by atoms with E-state index in [1.54, 1.807) is 7.11 Å². The van der Waals surface area contributed by atoms with E-state index in [1.807, 2.05) is 18.2 Å². The summed E-state index contributed by atoms with van der Waals surface area (Å²) in [6.45, 7) is -0.257. The van der Waals surface area contributed by atoms with E-state index < -0.39 is 10.0 Å². The molecule has 1 aliphatic rings. The minimum Gasteiger partial charge on any atom is -0.497 e. The molecule has 2 aromatic carbocycles. The minimum atomic E-state index is -3.76. The zero-order chi connectivity index (χ0) is 20.3. The zero-order valence-corrected chi connectivity index (χ0v) is 17.4. The lowest BCUT2D eigenvalue weighted by Gasteiger charge is -2.27. The van der Waals surface area contributed by atoms with Gasteiger partial charge in [-0.1, -0.05) is 17.7 Å². The first-order valence-corrected chi connectivity index (χ1v) is 10.8. The highest BCUT2D eigenvalue weighted by atomic mass is 35.5. The molecule has 1 amide bonds. The number of benzene rings is 2. The molecule has 1 atom stereocenters. The largest absolute Gasteiger partial charge is 0.497 e. The lowest BCUT2D eigenvalue weighted by atomic mass is 9.87. The Morgan fingerprint density at radius 2 is 1.96 bits per heavy atom. The monoisotopic (exact) mass is 422 g/mol. The molecule has 1 aliphatic carbocycles. The van der Waals surface area contributed by atoms with Crippen LogP contribution in [0.15, 0.2) is 47.4 Å². The number of carbonyl (C=O) groups excluding carboxylic acids is 1. The third kappa shape index (κ3) is 4.48. The third-order valence-corrected chi connectivity index (χ3v) is 6.96. The molecule has 0 aliphatic heterocycles. The standard InChI is InChI=1S/C20H23ClN2O4S/c1-23(28(25,26)17-9-6-15(21)7-10-17)13-20(24)22-19-5-3-4-14-12-16(27-2)8-11-18(14)19/h6-12,19H,3-5,13H2,1-2H3,(H,22,24). The van der Waals surface area contributed by atoms with Crippen molar-refractivity contribution in [3.63, 3.8) is 0 Å². The molecule has 1 N–H and O–H groups in total. The van der Waals surface area contributed by atoms with Crippen LogP contribution in [0.4, 0.5) is 0 Å². The van der Waals surface area contributed by atoms with Gasteiger partial charge in [0.25, 0.3) is 0 Å². The Kier molecular flexibility index (Phi) is 6.27. The van der Waals surface area contributed by atoms with Gasteiger partial charge in [0.1, 0.15) is 5.75 Å². The summed E-state index contributed by atoms with van der Waals surface area (Å²) in [4.78, 5) is 12.6. The molecule has 0 aromatic heterocycles. The molecule has 6 nitrogen and oxygen atoms in total. The lowest BCUT2D eigenvalue weighted by Crippen LogP contribution is -2.40. The second kappa shape index (κ2) is 8.51. The summed E-state index contributed by atoms with van der Waals surface area (Å²) in [7, 11) is -0.746. The number of nitrogens with one attached hydrogen (secondary N) is 1. The van der Waals surface area contributed by atoms with Gasteiger partial charge in [-0.05, 0) is 66.8 Å². The first kappa shape index (κ1) is 20.6. The van der Waals surface area contributed by atoms with Crippen molar-refractivity contribution in [2.75, 3.05) is 20.7 Å². The molecule has 28 heavy (non-hydrogen) atoms. The molecule has 0 heterocycles. The number of fused-ring (bicyclic) bond motifs is 1. The van der Waals surface area contributed by atoms with Crippen LogP contribution in [0.1, 0.15) is 30.0 Å². The maximum atomic E-state index is 12.6. The third-order valence-electron chi connectivity index (χ3n) is 4.89. The predicted octanol–water partition coefficient (Wildman–Crippen LogP) is 3.16. The van der Waals surface area contributed by atoms with Crippen LogP contribution < -0.4 is 10.1 Å². The van der Waals surface area contributed by atoms with Gasteiger partial charge in [0, 0.05) is 12.1 Å². The van der Waals surface area contributed by atoms with Crippen molar-refractivity contribution in [3.8, 4) is 5.75 Å². The predicted molar refractivity (Wildman–Crippen MR) is 108 cm³/mol. The number of methoxy groups -OCH3 is 1. The molecule has 8 heteroatoms. The fourth-order valence-corrected chi connectivity index (χ4v) is 4.63. The molecule has 0 spiro atoms. The molecule has 0 fully saturated rings. The molecule has 0 saturated carbocycles. The van der Waals surface area contributed by atoms with Gasteiger partial charge in [0.05, 0.1) is 24.6 Å². The zero-order valence-electron chi connectivity index (χ0n) is 15.8. The maximum absolute atomic E-state index is 12.6. The van der Waals surface area contributed by atoms with Gasteiger partial charge >= 0.3 is 0 Å². The highest BCUT2D eigenvalue weighted by Gasteiger charge is 2.26. The van der Waals surface area contributed by atoms with E-state index in [9.17, 15) is 13.2 Å². The number of nitrogens with zero attached hydrogens (tertiary/aromatic N) is 1. The first-order valence-electron chi connectivity index (χ1n) is 8.99. The Labute approximate surface area is 170 Å². The van der Waals surface area contributed by atoms with E-state index in [0.29, 0.717) is 5.02 Å². The van der Waals surface area contributed by atoms with E-state index in [2.05, 4.69) is 5.32 Å². The van der Waals surface area contributed by atoms with Crippen LogP contribution in [0.3, 0.4) is 0 Å². The van der Waals surface area contributed by atoms with E-state index in [0.717, 1.165) is 40.4 Å². The van der Waals surface area contributed by atoms with Gasteiger partial charge in [-0.2, -0.15) is 4.31 Å². The highest BCUT2D eigenvalue weighted by Crippen LogP contribution is 2.32. The summed E-state index contributed by atoms with van der Waals surface area (Å²) >= 11 is 5.81. The average molecular weight is 423 g/mol. The molecular formula is C20H23ClN2O4S. The van der Waals surface area contributed by atoms with Gasteiger partial charge in [0.15, 0.2) is 0 Å². The van der Waals surface area contributed by atoms with E-state index >= 15 is 0 Å². The smallest absolute Gasteiger partial charge is 0.243 e. The molecule has 150 valence electrons. The topological polar surface area (TPSA) is 75.7 Å². The quantitative estimate of drug-likeness (QED) is 0.775. The lowest BCUT2D eigenvalue weighted by molar-refractivity contribution is -0.122. The minimum absolute atomic E-state index is 0.0994.